The van der Waals surface area contributed by atoms with Crippen LogP contribution in [0.4, 0.5) is 11.4 Å². The van der Waals surface area contributed by atoms with E-state index in [9.17, 15) is 10.8 Å². The Morgan fingerprint density at radius 3 is 1.62 bits per heavy atom. The Morgan fingerprint density at radius 1 is 0.536 bits per heavy atom. The highest BCUT2D eigenvalue weighted by Crippen LogP contribution is 2.37. The first-order valence-corrected chi connectivity index (χ1v) is 17.6. The maximum absolute atomic E-state index is 9.46. The first-order valence-electron chi connectivity index (χ1n) is 17.6. The van der Waals surface area contributed by atoms with Gasteiger partial charge in [0.05, 0.1) is 45.5 Å². The number of quaternary nitrogens is 1. The Labute approximate surface area is 324 Å². The molecule has 2 aliphatic carbocycles. The molecule has 0 saturated carbocycles. The van der Waals surface area contributed by atoms with Crippen molar-refractivity contribution in [2.75, 3.05) is 33.9 Å². The van der Waals surface area contributed by atoms with Crippen molar-refractivity contribution in [3.63, 3.8) is 0 Å². The number of hydrogen-bond donors (Lipinski definition) is 4. The number of nitrogens with two attached hydrogens (primary N) is 1. The first kappa shape index (κ1) is 36.9. The molecule has 5 aromatic rings. The van der Waals surface area contributed by atoms with E-state index < -0.39 is 0 Å². The van der Waals surface area contributed by atoms with Crippen LogP contribution >= 0.6 is 0 Å². The van der Waals surface area contributed by atoms with Crippen LogP contribution in [0.5, 0.6) is 23.0 Å². The summed E-state index contributed by atoms with van der Waals surface area (Å²) < 4.78 is 22.3. The van der Waals surface area contributed by atoms with Crippen molar-refractivity contribution in [1.29, 1.82) is 10.8 Å². The molecule has 7 rings (SSSR count). The second-order valence-corrected chi connectivity index (χ2v) is 12.5. The zero-order valence-corrected chi connectivity index (χ0v) is 31.2. The van der Waals surface area contributed by atoms with E-state index in [4.69, 9.17) is 29.2 Å². The van der Waals surface area contributed by atoms with E-state index in [1.807, 2.05) is 103 Å². The number of ether oxygens (including phenoxy) is 4. The summed E-state index contributed by atoms with van der Waals surface area (Å²) in [4.78, 5) is 8.21. The second-order valence-electron chi connectivity index (χ2n) is 12.5. The number of hydrogen-bond acceptors (Lipinski definition) is 11. The normalized spacial score (nSPS) is 15.4. The van der Waals surface area contributed by atoms with Gasteiger partial charge in [-0.15, -0.1) is 0 Å². The smallest absolute Gasteiger partial charge is 0.158 e. The average molecular weight is 744 g/mol. The highest BCUT2D eigenvalue weighted by Gasteiger charge is 2.28. The molecule has 278 valence electrons. The lowest BCUT2D eigenvalue weighted by Gasteiger charge is -2.22. The van der Waals surface area contributed by atoms with Gasteiger partial charge in [0.2, 0.25) is 0 Å². The Balaban J connectivity index is 1.27. The van der Waals surface area contributed by atoms with Crippen molar-refractivity contribution in [3.8, 4) is 23.0 Å². The van der Waals surface area contributed by atoms with E-state index in [0.717, 1.165) is 44.8 Å². The molecule has 12 heteroatoms. The van der Waals surface area contributed by atoms with Gasteiger partial charge in [0, 0.05) is 82.5 Å². The molecule has 0 saturated heterocycles. The molecule has 2 heterocycles. The molecule has 0 bridgehead atoms. The second kappa shape index (κ2) is 16.7. The molecular weight excluding hydrogens is 705 g/mol. The van der Waals surface area contributed by atoms with Crippen LogP contribution in [0, 0.1) is 10.8 Å². The summed E-state index contributed by atoms with van der Waals surface area (Å²) >= 11 is 0. The van der Waals surface area contributed by atoms with Crippen LogP contribution in [0.15, 0.2) is 144 Å². The quantitative estimate of drug-likeness (QED) is 0.0595. The van der Waals surface area contributed by atoms with Crippen LogP contribution in [-0.2, 0) is 0 Å². The predicted molar refractivity (Wildman–Crippen MR) is 221 cm³/mol. The van der Waals surface area contributed by atoms with Crippen molar-refractivity contribution < 1.29 is 24.4 Å². The highest BCUT2D eigenvalue weighted by molar-refractivity contribution is 6.70. The fourth-order valence-electron chi connectivity index (χ4n) is 6.35. The molecule has 5 N–H and O–H groups in total. The lowest BCUT2D eigenvalue weighted by molar-refractivity contribution is -0.577. The van der Waals surface area contributed by atoms with E-state index in [0.29, 0.717) is 45.6 Å². The number of benzene rings is 3. The molecule has 2 aliphatic rings. The van der Waals surface area contributed by atoms with Crippen molar-refractivity contribution in [2.45, 2.75) is 0 Å². The summed E-state index contributed by atoms with van der Waals surface area (Å²) in [7, 11) is 6.41. The number of anilines is 1. The average Bonchev–Trinajstić information content (AvgIpc) is 3.25. The first-order chi connectivity index (χ1) is 27.4. The number of aromatic nitrogens is 2. The number of methoxy groups -OCH3 is 4. The van der Waals surface area contributed by atoms with Gasteiger partial charge in [0.25, 0.3) is 0 Å². The van der Waals surface area contributed by atoms with Gasteiger partial charge < -0.3 is 18.9 Å². The van der Waals surface area contributed by atoms with Crippen LogP contribution in [-0.4, -0.2) is 61.3 Å². The molecule has 0 spiro atoms. The molecular formula is C44H39N8O4+. The third kappa shape index (κ3) is 7.63. The summed E-state index contributed by atoms with van der Waals surface area (Å²) in [5.74, 6) is 2.49. The highest BCUT2D eigenvalue weighted by atomic mass is 16.5. The molecule has 0 fully saturated rings. The minimum Gasteiger partial charge on any atom is -0.497 e. The SMILES string of the molecule is COc1ccc(C2=CC=C(c3ccc(C4=CC=C(c5ccc(OC)cc5OC)C(=N[NH2+]c5ccncc5)C4=N)cc3)C(=NNc3ccncc3)C2=N)c(OC)c1. The number of nitrogens with one attached hydrogen (secondary N) is 3. The van der Waals surface area contributed by atoms with Gasteiger partial charge >= 0.3 is 0 Å². The Bertz CT molecular complexity index is 2490. The minimum atomic E-state index is 0.214. The van der Waals surface area contributed by atoms with E-state index in [2.05, 4.69) is 15.4 Å². The third-order valence-corrected chi connectivity index (χ3v) is 9.29. The number of rotatable bonds is 12. The zero-order valence-electron chi connectivity index (χ0n) is 31.2. The van der Waals surface area contributed by atoms with Gasteiger partial charge in [-0.05, 0) is 47.5 Å². The van der Waals surface area contributed by atoms with Gasteiger partial charge in [-0.25, -0.2) is 0 Å². The number of allylic oxidation sites excluding steroid dienone is 8. The number of pyridine rings is 2. The van der Waals surface area contributed by atoms with Crippen molar-refractivity contribution in [1.82, 2.24) is 9.97 Å². The third-order valence-electron chi connectivity index (χ3n) is 9.29. The Kier molecular flexibility index (Phi) is 11.0. The Morgan fingerprint density at radius 2 is 1.04 bits per heavy atom. The molecule has 3 aromatic carbocycles. The number of nitrogens with zero attached hydrogens (tertiary/aromatic N) is 4. The lowest BCUT2D eigenvalue weighted by Crippen LogP contribution is -2.72. The molecule has 0 unspecified atom stereocenters. The number of hydrazone groups is 1. The topological polar surface area (TPSA) is 164 Å². The van der Waals surface area contributed by atoms with E-state index in [1.165, 1.54) is 0 Å². The van der Waals surface area contributed by atoms with E-state index in [-0.39, 0.29) is 11.4 Å². The summed E-state index contributed by atoms with van der Waals surface area (Å²) in [6.45, 7) is 0. The van der Waals surface area contributed by atoms with Crippen molar-refractivity contribution in [2.24, 2.45) is 10.2 Å². The van der Waals surface area contributed by atoms with Gasteiger partial charge in [0.15, 0.2) is 11.4 Å². The van der Waals surface area contributed by atoms with Crippen LogP contribution in [0.25, 0.3) is 22.3 Å². The van der Waals surface area contributed by atoms with Gasteiger partial charge in [-0.1, -0.05) is 53.7 Å². The maximum Gasteiger partial charge on any atom is 0.158 e. The van der Waals surface area contributed by atoms with E-state index >= 15 is 0 Å². The zero-order chi connectivity index (χ0) is 39.0. The van der Waals surface area contributed by atoms with Crippen LogP contribution < -0.4 is 29.8 Å². The maximum atomic E-state index is 9.46. The fraction of sp³-hybridized carbons (Fsp3) is 0.0909. The summed E-state index contributed by atoms with van der Waals surface area (Å²) in [6, 6.07) is 26.3. The Hall–Kier alpha value is -7.44. The predicted octanol–water partition coefficient (Wildman–Crippen LogP) is 7.23. The molecule has 2 aromatic heterocycles. The molecule has 0 atom stereocenters. The van der Waals surface area contributed by atoms with Gasteiger partial charge in [-0.3, -0.25) is 26.2 Å². The summed E-state index contributed by atoms with van der Waals surface area (Å²) in [5.41, 5.74) is 13.8. The van der Waals surface area contributed by atoms with E-state index in [1.54, 1.807) is 64.7 Å². The summed E-state index contributed by atoms with van der Waals surface area (Å²) in [5, 5.41) is 28.5. The molecule has 0 aliphatic heterocycles. The monoisotopic (exact) mass is 743 g/mol. The van der Waals surface area contributed by atoms with Gasteiger partial charge in [-0.2, -0.15) is 10.5 Å². The van der Waals surface area contributed by atoms with Crippen molar-refractivity contribution >= 4 is 56.5 Å². The van der Waals surface area contributed by atoms with Crippen LogP contribution in [0.1, 0.15) is 22.3 Å². The van der Waals surface area contributed by atoms with Crippen LogP contribution in [0.3, 0.4) is 0 Å². The largest absolute Gasteiger partial charge is 0.497 e. The molecule has 56 heavy (non-hydrogen) atoms. The van der Waals surface area contributed by atoms with Crippen molar-refractivity contribution in [3.05, 3.63) is 156 Å². The summed E-state index contributed by atoms with van der Waals surface area (Å²) in [6.07, 6.45) is 14.5. The van der Waals surface area contributed by atoms with Gasteiger partial charge in [0.1, 0.15) is 28.7 Å². The molecule has 12 nitrogen and oxygen atoms in total. The lowest BCUT2D eigenvalue weighted by atomic mass is 9.84. The molecule has 0 radical (unpaired) electrons. The van der Waals surface area contributed by atoms with Crippen LogP contribution in [0.2, 0.25) is 0 Å². The minimum absolute atomic E-state index is 0.214. The molecule has 0 amide bonds. The standard InChI is InChI=1S/C44H38N8O4/c1-53-31-9-11-35(39(25-31)55-3)37-15-14-34(43(42(37)46)51-49-29-17-21-47-22-18-29)28-7-5-27(6-8-28)33-13-16-38(36-12-10-32(54-2)26-40(36)56-4)44(41(33)45)52-50-30-19-23-48-24-20-30/h5-26,45-46H,1-4H3,(H,47,49)(H,48,50)/p+1. The fourth-order valence-corrected chi connectivity index (χ4v) is 6.35.